The molecule has 0 bridgehead atoms. The van der Waals surface area contributed by atoms with E-state index < -0.39 is 17.7 Å². The van der Waals surface area contributed by atoms with E-state index in [2.05, 4.69) is 4.90 Å². The van der Waals surface area contributed by atoms with Gasteiger partial charge in [0.2, 0.25) is 5.72 Å². The normalized spacial score (nSPS) is 33.8. The maximum Gasteiger partial charge on any atom is 0.350 e. The number of piperidine rings is 1. The van der Waals surface area contributed by atoms with Gasteiger partial charge in [-0.3, -0.25) is 4.90 Å². The molecule has 110 valence electrons. The lowest BCUT2D eigenvalue weighted by Gasteiger charge is -2.45. The third kappa shape index (κ3) is 2.71. The molecule has 1 unspecified atom stereocenters. The van der Waals surface area contributed by atoms with Crippen LogP contribution in [0.25, 0.3) is 0 Å². The van der Waals surface area contributed by atoms with E-state index in [-0.39, 0.29) is 0 Å². The number of esters is 1. The first-order chi connectivity index (χ1) is 9.68. The Morgan fingerprint density at radius 1 is 1.00 bits per heavy atom. The summed E-state index contributed by atoms with van der Waals surface area (Å²) in [7, 11) is 0. The van der Waals surface area contributed by atoms with Crippen molar-refractivity contribution >= 4 is 11.9 Å². The molecule has 0 aliphatic carbocycles. The van der Waals surface area contributed by atoms with Crippen LogP contribution in [0.3, 0.4) is 0 Å². The molecule has 2 fully saturated rings. The number of hydrogen-bond donors (Lipinski definition) is 0. The third-order valence-corrected chi connectivity index (χ3v) is 4.15. The molecule has 1 atom stereocenters. The first kappa shape index (κ1) is 13.6. The maximum atomic E-state index is 11.9. The summed E-state index contributed by atoms with van der Waals surface area (Å²) < 4.78 is 5.67. The highest BCUT2D eigenvalue weighted by atomic mass is 16.7. The molecule has 0 aromatic carbocycles. The van der Waals surface area contributed by atoms with E-state index >= 15 is 0 Å². The van der Waals surface area contributed by atoms with Crippen molar-refractivity contribution < 1.29 is 19.2 Å². The van der Waals surface area contributed by atoms with Crippen molar-refractivity contribution in [2.45, 2.75) is 37.8 Å². The van der Waals surface area contributed by atoms with Crippen molar-refractivity contribution in [2.24, 2.45) is 0 Å². The van der Waals surface area contributed by atoms with Gasteiger partial charge in [0.15, 0.2) is 0 Å². The summed E-state index contributed by atoms with van der Waals surface area (Å²) in [6.45, 7) is 3.24. The van der Waals surface area contributed by atoms with Crippen LogP contribution in [0.15, 0.2) is 12.2 Å². The molecule has 3 aliphatic heterocycles. The molecule has 6 nitrogen and oxygen atoms in total. The molecule has 3 heterocycles. The number of carbonyl (C=O) groups excluding carboxylic acids is 2. The van der Waals surface area contributed by atoms with Crippen molar-refractivity contribution in [2.75, 3.05) is 26.2 Å². The fraction of sp³-hybridized carbons (Fsp3) is 0.714. The number of ether oxygens (including phenoxy) is 1. The first-order valence-corrected chi connectivity index (χ1v) is 7.31. The molecule has 0 aromatic heterocycles. The fourth-order valence-corrected chi connectivity index (χ4v) is 3.19. The van der Waals surface area contributed by atoms with E-state index in [1.807, 2.05) is 0 Å². The SMILES string of the molecule is O=C1/C=C\C(=O)OC2(CN3CCCC3)CCCCN2O1. The maximum absolute atomic E-state index is 11.9. The summed E-state index contributed by atoms with van der Waals surface area (Å²) >= 11 is 0. The molecule has 0 spiro atoms. The van der Waals surface area contributed by atoms with Crippen molar-refractivity contribution in [3.05, 3.63) is 12.2 Å². The van der Waals surface area contributed by atoms with E-state index in [1.165, 1.54) is 12.8 Å². The second kappa shape index (κ2) is 5.54. The molecule has 3 rings (SSSR count). The van der Waals surface area contributed by atoms with Crippen molar-refractivity contribution in [1.29, 1.82) is 0 Å². The quantitative estimate of drug-likeness (QED) is 0.699. The number of rotatable bonds is 2. The topological polar surface area (TPSA) is 59.1 Å². The predicted octanol–water partition coefficient (Wildman–Crippen LogP) is 0.836. The Kier molecular flexibility index (Phi) is 3.76. The summed E-state index contributed by atoms with van der Waals surface area (Å²) in [5.41, 5.74) is -0.819. The molecule has 0 radical (unpaired) electrons. The number of carbonyl (C=O) groups is 2. The molecule has 0 saturated carbocycles. The van der Waals surface area contributed by atoms with E-state index in [1.54, 1.807) is 5.06 Å². The van der Waals surface area contributed by atoms with Gasteiger partial charge in [-0.05, 0) is 38.8 Å². The molecule has 20 heavy (non-hydrogen) atoms. The van der Waals surface area contributed by atoms with Gasteiger partial charge in [-0.2, -0.15) is 0 Å². The molecule has 3 aliphatic rings. The van der Waals surface area contributed by atoms with E-state index in [0.717, 1.165) is 38.1 Å². The first-order valence-electron chi connectivity index (χ1n) is 7.31. The average molecular weight is 280 g/mol. The summed E-state index contributed by atoms with van der Waals surface area (Å²) in [5.74, 6) is -0.970. The Balaban J connectivity index is 1.85. The lowest BCUT2D eigenvalue weighted by atomic mass is 9.99. The van der Waals surface area contributed by atoms with Gasteiger partial charge in [0, 0.05) is 25.1 Å². The summed E-state index contributed by atoms with van der Waals surface area (Å²) in [4.78, 5) is 31.1. The second-order valence-corrected chi connectivity index (χ2v) is 5.65. The van der Waals surface area contributed by atoms with Gasteiger partial charge in [-0.15, -0.1) is 0 Å². The number of fused-ring (bicyclic) bond motifs is 1. The summed E-state index contributed by atoms with van der Waals surface area (Å²) in [6.07, 6.45) is 7.23. The molecular formula is C14H20N2O4. The van der Waals surface area contributed by atoms with Gasteiger partial charge in [-0.25, -0.2) is 9.59 Å². The van der Waals surface area contributed by atoms with Crippen LogP contribution in [0, 0.1) is 0 Å². The second-order valence-electron chi connectivity index (χ2n) is 5.65. The van der Waals surface area contributed by atoms with Crippen LogP contribution in [0.2, 0.25) is 0 Å². The van der Waals surface area contributed by atoms with E-state index in [0.29, 0.717) is 19.5 Å². The van der Waals surface area contributed by atoms with Crippen LogP contribution in [0.5, 0.6) is 0 Å². The third-order valence-electron chi connectivity index (χ3n) is 4.15. The van der Waals surface area contributed by atoms with Gasteiger partial charge in [0.25, 0.3) is 0 Å². The highest BCUT2D eigenvalue weighted by Crippen LogP contribution is 2.33. The molecule has 0 amide bonds. The Hall–Kier alpha value is -1.40. The lowest BCUT2D eigenvalue weighted by Crippen LogP contribution is -2.60. The largest absolute Gasteiger partial charge is 0.436 e. The minimum absolute atomic E-state index is 0.465. The molecule has 0 N–H and O–H groups in total. The number of hydrogen-bond acceptors (Lipinski definition) is 6. The fourth-order valence-electron chi connectivity index (χ4n) is 3.19. The Morgan fingerprint density at radius 3 is 2.50 bits per heavy atom. The predicted molar refractivity (Wildman–Crippen MR) is 70.3 cm³/mol. The Morgan fingerprint density at radius 2 is 1.70 bits per heavy atom. The minimum atomic E-state index is -0.819. The average Bonchev–Trinajstić information content (AvgIpc) is 2.90. The van der Waals surface area contributed by atoms with Crippen LogP contribution in [0.1, 0.15) is 32.1 Å². The number of nitrogens with zero attached hydrogens (tertiary/aromatic N) is 2. The molecular weight excluding hydrogens is 260 g/mol. The standard InChI is InChI=1S/C14H20N2O4/c17-12-5-6-13(18)20-16-10-2-1-7-14(16,19-12)11-15-8-3-4-9-15/h5-6H,1-4,7-11H2/b6-5-. The molecule has 0 aromatic rings. The zero-order chi connectivity index (χ0) is 14.0. The van der Waals surface area contributed by atoms with Gasteiger partial charge in [0.05, 0.1) is 6.54 Å². The van der Waals surface area contributed by atoms with Gasteiger partial charge in [-0.1, -0.05) is 5.06 Å². The van der Waals surface area contributed by atoms with E-state index in [9.17, 15) is 9.59 Å². The smallest absolute Gasteiger partial charge is 0.350 e. The minimum Gasteiger partial charge on any atom is -0.436 e. The number of hydroxylamine groups is 2. The Labute approximate surface area is 118 Å². The van der Waals surface area contributed by atoms with Crippen molar-refractivity contribution in [3.63, 3.8) is 0 Å². The van der Waals surface area contributed by atoms with Crippen LogP contribution in [-0.4, -0.2) is 53.8 Å². The van der Waals surface area contributed by atoms with Crippen LogP contribution < -0.4 is 0 Å². The van der Waals surface area contributed by atoms with Crippen molar-refractivity contribution in [3.8, 4) is 0 Å². The van der Waals surface area contributed by atoms with Crippen LogP contribution in [-0.2, 0) is 19.2 Å². The number of likely N-dealkylation sites (tertiary alicyclic amines) is 1. The highest BCUT2D eigenvalue weighted by Gasteiger charge is 2.47. The van der Waals surface area contributed by atoms with Gasteiger partial charge in [0.1, 0.15) is 0 Å². The monoisotopic (exact) mass is 280 g/mol. The van der Waals surface area contributed by atoms with Gasteiger partial charge < -0.3 is 9.57 Å². The lowest BCUT2D eigenvalue weighted by molar-refractivity contribution is -0.297. The molecule has 6 heteroatoms. The summed E-state index contributed by atoms with van der Waals surface area (Å²) in [6, 6.07) is 0. The molecule has 2 saturated heterocycles. The highest BCUT2D eigenvalue weighted by molar-refractivity contribution is 5.92. The van der Waals surface area contributed by atoms with E-state index in [4.69, 9.17) is 9.57 Å². The summed E-state index contributed by atoms with van der Waals surface area (Å²) in [5, 5.41) is 1.58. The van der Waals surface area contributed by atoms with Crippen LogP contribution >= 0.6 is 0 Å². The zero-order valence-corrected chi connectivity index (χ0v) is 11.5. The Bertz CT molecular complexity index is 431. The zero-order valence-electron chi connectivity index (χ0n) is 11.5. The van der Waals surface area contributed by atoms with Crippen LogP contribution in [0.4, 0.5) is 0 Å². The van der Waals surface area contributed by atoms with Gasteiger partial charge >= 0.3 is 11.9 Å². The van der Waals surface area contributed by atoms with Crippen molar-refractivity contribution in [1.82, 2.24) is 9.96 Å².